The van der Waals surface area contributed by atoms with E-state index in [0.29, 0.717) is 17.6 Å². The van der Waals surface area contributed by atoms with E-state index in [0.717, 1.165) is 4.88 Å². The van der Waals surface area contributed by atoms with Gasteiger partial charge in [-0.1, -0.05) is 18.2 Å². The molecule has 3 heterocycles. The van der Waals surface area contributed by atoms with Crippen LogP contribution in [0.5, 0.6) is 0 Å². The summed E-state index contributed by atoms with van der Waals surface area (Å²) in [6.07, 6.45) is 3.24. The lowest BCUT2D eigenvalue weighted by Crippen LogP contribution is -2.21. The molecule has 3 aromatic heterocycles. The second-order valence-electron chi connectivity index (χ2n) is 5.85. The number of hydrogen-bond donors (Lipinski definition) is 0. The third-order valence-electron chi connectivity index (χ3n) is 3.87. The average Bonchev–Trinajstić information content (AvgIpc) is 3.13. The number of hydrogen-bond acceptors (Lipinski definition) is 4. The Morgan fingerprint density at radius 2 is 2.09 bits per heavy atom. The summed E-state index contributed by atoms with van der Waals surface area (Å²) in [6, 6.07) is 10.6. The largest absolute Gasteiger partial charge is 0.293 e. The average molecular weight is 324 g/mol. The summed E-state index contributed by atoms with van der Waals surface area (Å²) in [5.74, 6) is 0. The lowest BCUT2D eigenvalue weighted by molar-refractivity contribution is 0.545. The molecule has 0 saturated heterocycles. The molecule has 116 valence electrons. The van der Waals surface area contributed by atoms with Gasteiger partial charge in [0.2, 0.25) is 0 Å². The second kappa shape index (κ2) is 5.31. The van der Waals surface area contributed by atoms with E-state index in [-0.39, 0.29) is 11.6 Å². The quantitative estimate of drug-likeness (QED) is 0.580. The van der Waals surface area contributed by atoms with E-state index < -0.39 is 0 Å². The minimum absolute atomic E-state index is 0.0423. The summed E-state index contributed by atoms with van der Waals surface area (Å²) in [6.45, 7) is 4.59. The summed E-state index contributed by atoms with van der Waals surface area (Å²) >= 11 is 1.71. The van der Waals surface area contributed by atoms with Crippen LogP contribution in [-0.4, -0.2) is 19.3 Å². The maximum absolute atomic E-state index is 12.7. The third-order valence-corrected chi connectivity index (χ3v) is 4.97. The number of nitrogens with zero attached hydrogens (tertiary/aromatic N) is 4. The van der Waals surface area contributed by atoms with E-state index in [9.17, 15) is 4.79 Å². The Balaban J connectivity index is 1.77. The monoisotopic (exact) mass is 324 g/mol. The minimum Gasteiger partial charge on any atom is -0.293 e. The van der Waals surface area contributed by atoms with Crippen molar-refractivity contribution in [3.8, 4) is 0 Å². The molecule has 0 N–H and O–H groups in total. The fourth-order valence-electron chi connectivity index (χ4n) is 2.74. The maximum atomic E-state index is 12.7. The third kappa shape index (κ3) is 2.35. The van der Waals surface area contributed by atoms with Gasteiger partial charge < -0.3 is 0 Å². The highest BCUT2D eigenvalue weighted by atomic mass is 32.1. The van der Waals surface area contributed by atoms with Crippen LogP contribution in [0.2, 0.25) is 0 Å². The normalized spacial score (nSPS) is 11.8. The van der Waals surface area contributed by atoms with Gasteiger partial charge in [-0.2, -0.15) is 5.10 Å². The minimum atomic E-state index is -0.0423. The highest BCUT2D eigenvalue weighted by Gasteiger charge is 2.12. The number of rotatable bonds is 3. The van der Waals surface area contributed by atoms with Gasteiger partial charge in [0.25, 0.3) is 5.56 Å². The fraction of sp³-hybridized carbons (Fsp3) is 0.235. The van der Waals surface area contributed by atoms with Crippen LogP contribution in [0.25, 0.3) is 21.1 Å². The smallest absolute Gasteiger partial charge is 0.264 e. The van der Waals surface area contributed by atoms with E-state index in [2.05, 4.69) is 28.3 Å². The molecule has 1 aromatic carbocycles. The van der Waals surface area contributed by atoms with Crippen molar-refractivity contribution in [3.63, 3.8) is 0 Å². The molecule has 0 aliphatic heterocycles. The Hall–Kier alpha value is -2.47. The molecule has 0 saturated carbocycles. The van der Waals surface area contributed by atoms with Crippen LogP contribution in [0.4, 0.5) is 0 Å². The van der Waals surface area contributed by atoms with Crippen molar-refractivity contribution in [3.05, 3.63) is 58.1 Å². The molecule has 0 radical (unpaired) electrons. The SMILES string of the molecule is CC(C)n1ncc2c(=O)n(Cc3cc4ccccc4s3)cnc21. The molecular weight excluding hydrogens is 308 g/mol. The van der Waals surface area contributed by atoms with Crippen LogP contribution in [0.3, 0.4) is 0 Å². The molecule has 4 rings (SSSR count). The van der Waals surface area contributed by atoms with Gasteiger partial charge in [0.05, 0.1) is 12.7 Å². The predicted octanol–water partition coefficient (Wildman–Crippen LogP) is 3.44. The van der Waals surface area contributed by atoms with Crippen LogP contribution < -0.4 is 5.56 Å². The Morgan fingerprint density at radius 1 is 1.26 bits per heavy atom. The van der Waals surface area contributed by atoms with Gasteiger partial charge >= 0.3 is 0 Å². The van der Waals surface area contributed by atoms with Gasteiger partial charge in [-0.25, -0.2) is 9.67 Å². The Kier molecular flexibility index (Phi) is 3.27. The molecule has 0 amide bonds. The molecule has 0 fully saturated rings. The first kappa shape index (κ1) is 14.1. The molecule has 23 heavy (non-hydrogen) atoms. The van der Waals surface area contributed by atoms with E-state index in [1.165, 1.54) is 10.1 Å². The van der Waals surface area contributed by atoms with Crippen molar-refractivity contribution in [2.75, 3.05) is 0 Å². The molecule has 0 aliphatic carbocycles. The van der Waals surface area contributed by atoms with Crippen LogP contribution in [0, 0.1) is 0 Å². The molecular formula is C17H16N4OS. The van der Waals surface area contributed by atoms with Crippen molar-refractivity contribution >= 4 is 32.5 Å². The summed E-state index contributed by atoms with van der Waals surface area (Å²) in [7, 11) is 0. The Labute approximate surface area is 136 Å². The van der Waals surface area contributed by atoms with Crippen molar-refractivity contribution in [1.82, 2.24) is 19.3 Å². The standard InChI is InChI=1S/C17H16N4OS/c1-11(2)21-16-14(8-19-21)17(22)20(10-18-16)9-13-7-12-5-3-4-6-15(12)23-13/h3-8,10-11H,9H2,1-2H3. The van der Waals surface area contributed by atoms with Crippen LogP contribution in [0.15, 0.2) is 47.7 Å². The Morgan fingerprint density at radius 3 is 2.87 bits per heavy atom. The van der Waals surface area contributed by atoms with Crippen LogP contribution >= 0.6 is 11.3 Å². The van der Waals surface area contributed by atoms with E-state index >= 15 is 0 Å². The van der Waals surface area contributed by atoms with Gasteiger partial charge in [0.15, 0.2) is 5.65 Å². The predicted molar refractivity (Wildman–Crippen MR) is 93.1 cm³/mol. The van der Waals surface area contributed by atoms with Gasteiger partial charge in [-0.15, -0.1) is 11.3 Å². The first-order valence-corrected chi connectivity index (χ1v) is 8.35. The van der Waals surface area contributed by atoms with Crippen LogP contribution in [0.1, 0.15) is 24.8 Å². The molecule has 6 heteroatoms. The zero-order chi connectivity index (χ0) is 16.0. The molecule has 0 bridgehead atoms. The second-order valence-corrected chi connectivity index (χ2v) is 7.02. The van der Waals surface area contributed by atoms with Gasteiger partial charge in [-0.3, -0.25) is 9.36 Å². The summed E-state index contributed by atoms with van der Waals surface area (Å²) in [4.78, 5) is 18.2. The van der Waals surface area contributed by atoms with E-state index in [4.69, 9.17) is 0 Å². The molecule has 0 unspecified atom stereocenters. The summed E-state index contributed by atoms with van der Waals surface area (Å²) in [5.41, 5.74) is 0.608. The lowest BCUT2D eigenvalue weighted by atomic mass is 10.2. The molecule has 0 aliphatic rings. The van der Waals surface area contributed by atoms with Crippen molar-refractivity contribution in [1.29, 1.82) is 0 Å². The number of aromatic nitrogens is 4. The topological polar surface area (TPSA) is 52.7 Å². The first-order chi connectivity index (χ1) is 11.1. The van der Waals surface area contributed by atoms with Gasteiger partial charge in [-0.05, 0) is 31.4 Å². The first-order valence-electron chi connectivity index (χ1n) is 7.53. The lowest BCUT2D eigenvalue weighted by Gasteiger charge is -2.07. The van der Waals surface area contributed by atoms with Crippen molar-refractivity contribution < 1.29 is 0 Å². The number of thiophene rings is 1. The Bertz CT molecular complexity index is 1020. The molecule has 0 spiro atoms. The summed E-state index contributed by atoms with van der Waals surface area (Å²) in [5, 5.41) is 6.06. The summed E-state index contributed by atoms with van der Waals surface area (Å²) < 4.78 is 4.66. The zero-order valence-electron chi connectivity index (χ0n) is 12.9. The number of fused-ring (bicyclic) bond motifs is 2. The number of benzene rings is 1. The van der Waals surface area contributed by atoms with Crippen molar-refractivity contribution in [2.45, 2.75) is 26.4 Å². The van der Waals surface area contributed by atoms with Crippen LogP contribution in [-0.2, 0) is 6.54 Å². The van der Waals surface area contributed by atoms with Crippen molar-refractivity contribution in [2.24, 2.45) is 0 Å². The molecule has 0 atom stereocenters. The molecule has 4 aromatic rings. The maximum Gasteiger partial charge on any atom is 0.264 e. The fourth-order valence-corrected chi connectivity index (χ4v) is 3.80. The van der Waals surface area contributed by atoms with E-state index in [1.807, 2.05) is 26.0 Å². The van der Waals surface area contributed by atoms with Gasteiger partial charge in [0, 0.05) is 15.6 Å². The zero-order valence-corrected chi connectivity index (χ0v) is 13.7. The highest BCUT2D eigenvalue weighted by Crippen LogP contribution is 2.25. The molecule has 5 nitrogen and oxygen atoms in total. The highest BCUT2D eigenvalue weighted by molar-refractivity contribution is 7.19. The van der Waals surface area contributed by atoms with E-state index in [1.54, 1.807) is 33.1 Å². The van der Waals surface area contributed by atoms with Gasteiger partial charge in [0.1, 0.15) is 11.7 Å².